The second-order valence-electron chi connectivity index (χ2n) is 7.30. The summed E-state index contributed by atoms with van der Waals surface area (Å²) in [6, 6.07) is 8.27. The summed E-state index contributed by atoms with van der Waals surface area (Å²) >= 11 is 8.23. The van der Waals surface area contributed by atoms with E-state index in [9.17, 15) is 0 Å². The lowest BCUT2D eigenvalue weighted by atomic mass is 9.96. The van der Waals surface area contributed by atoms with E-state index < -0.39 is 0 Å². The highest BCUT2D eigenvalue weighted by Gasteiger charge is 2.44. The number of nitrogens with zero attached hydrogens (tertiary/aromatic N) is 1. The summed E-state index contributed by atoms with van der Waals surface area (Å²) in [7, 11) is 1.85. The van der Waals surface area contributed by atoms with Crippen LogP contribution in [0, 0.1) is 0 Å². The third-order valence-corrected chi connectivity index (χ3v) is 7.23. The average molecular weight is 524 g/mol. The predicted molar refractivity (Wildman–Crippen MR) is 128 cm³/mol. The van der Waals surface area contributed by atoms with Gasteiger partial charge in [0, 0.05) is 48.5 Å². The number of halogens is 2. The topological polar surface area (TPSA) is 45.7 Å². The zero-order valence-corrected chi connectivity index (χ0v) is 20.1. The predicted octanol–water partition coefficient (Wildman–Crippen LogP) is 4.46. The number of hydrogen-bond donors (Lipinski definition) is 2. The average Bonchev–Trinajstić information content (AvgIpc) is 3.44. The van der Waals surface area contributed by atoms with Gasteiger partial charge in [-0.05, 0) is 49.1 Å². The summed E-state index contributed by atoms with van der Waals surface area (Å²) in [5.74, 6) is 2.02. The largest absolute Gasteiger partial charge is 0.381 e. The lowest BCUT2D eigenvalue weighted by Crippen LogP contribution is -2.49. The molecule has 0 atom stereocenters. The number of rotatable bonds is 7. The Balaban J connectivity index is 0.00000261. The van der Waals surface area contributed by atoms with Crippen LogP contribution in [-0.4, -0.2) is 49.8 Å². The molecule has 0 unspecified atom stereocenters. The van der Waals surface area contributed by atoms with Gasteiger partial charge in [0.2, 0.25) is 0 Å². The molecule has 1 saturated heterocycles. The van der Waals surface area contributed by atoms with Crippen molar-refractivity contribution in [3.8, 4) is 0 Å². The fourth-order valence-corrected chi connectivity index (χ4v) is 5.11. The molecule has 1 heterocycles. The molecule has 27 heavy (non-hydrogen) atoms. The third-order valence-electron chi connectivity index (χ3n) is 5.54. The van der Waals surface area contributed by atoms with Crippen LogP contribution >= 0.6 is 47.3 Å². The van der Waals surface area contributed by atoms with Crippen LogP contribution in [0.5, 0.6) is 0 Å². The number of thioether (sulfide) groups is 1. The molecule has 1 aromatic rings. The first-order valence-corrected chi connectivity index (χ1v) is 10.9. The van der Waals surface area contributed by atoms with Crippen molar-refractivity contribution in [3.63, 3.8) is 0 Å². The standard InChI is InChI=1S/C20H30ClN3OS.HI/c1-3-26-20(9-11-25-12-10-20)15-24-18(22-2)23-14-19(7-8-19)16-5-4-6-17(21)13-16;/h4-6,13H,3,7-12,14-15H2,1-2H3,(H2,22,23,24);1H. The van der Waals surface area contributed by atoms with Gasteiger partial charge < -0.3 is 15.4 Å². The molecule has 0 radical (unpaired) electrons. The normalized spacial score (nSPS) is 20.5. The first-order valence-electron chi connectivity index (χ1n) is 9.54. The van der Waals surface area contributed by atoms with Crippen molar-refractivity contribution in [3.05, 3.63) is 34.9 Å². The first-order chi connectivity index (χ1) is 12.6. The molecule has 152 valence electrons. The number of hydrogen-bond acceptors (Lipinski definition) is 3. The number of nitrogens with one attached hydrogen (secondary N) is 2. The van der Waals surface area contributed by atoms with Crippen molar-refractivity contribution in [1.29, 1.82) is 0 Å². The van der Waals surface area contributed by atoms with Crippen LogP contribution < -0.4 is 10.6 Å². The third kappa shape index (κ3) is 6.15. The minimum atomic E-state index is 0. The van der Waals surface area contributed by atoms with Crippen LogP contribution in [0.2, 0.25) is 5.02 Å². The quantitative estimate of drug-likeness (QED) is 0.315. The molecule has 3 rings (SSSR count). The van der Waals surface area contributed by atoms with Crippen LogP contribution in [-0.2, 0) is 10.2 Å². The Labute approximate surface area is 189 Å². The highest BCUT2D eigenvalue weighted by Crippen LogP contribution is 2.48. The van der Waals surface area contributed by atoms with Gasteiger partial charge >= 0.3 is 0 Å². The van der Waals surface area contributed by atoms with E-state index in [-0.39, 0.29) is 34.1 Å². The monoisotopic (exact) mass is 523 g/mol. The highest BCUT2D eigenvalue weighted by molar-refractivity contribution is 14.0. The highest BCUT2D eigenvalue weighted by atomic mass is 127. The van der Waals surface area contributed by atoms with Crippen molar-refractivity contribution in [1.82, 2.24) is 10.6 Å². The Kier molecular flexibility index (Phi) is 9.03. The molecule has 7 heteroatoms. The maximum atomic E-state index is 6.18. The maximum Gasteiger partial charge on any atom is 0.191 e. The molecule has 1 aromatic carbocycles. The molecule has 0 amide bonds. The Morgan fingerprint density at radius 1 is 1.19 bits per heavy atom. The van der Waals surface area contributed by atoms with Gasteiger partial charge in [-0.1, -0.05) is 30.7 Å². The van der Waals surface area contributed by atoms with E-state index in [4.69, 9.17) is 16.3 Å². The molecular weight excluding hydrogens is 493 g/mol. The van der Waals surface area contributed by atoms with Gasteiger partial charge in [0.25, 0.3) is 0 Å². The Morgan fingerprint density at radius 2 is 1.89 bits per heavy atom. The van der Waals surface area contributed by atoms with Crippen molar-refractivity contribution in [2.24, 2.45) is 4.99 Å². The minimum absolute atomic E-state index is 0. The van der Waals surface area contributed by atoms with E-state index in [1.54, 1.807) is 0 Å². The molecule has 1 saturated carbocycles. The van der Waals surface area contributed by atoms with Crippen molar-refractivity contribution in [2.75, 3.05) is 39.1 Å². The summed E-state index contributed by atoms with van der Waals surface area (Å²) in [5.41, 5.74) is 1.53. The van der Waals surface area contributed by atoms with Gasteiger partial charge in [-0.2, -0.15) is 11.8 Å². The molecule has 0 spiro atoms. The summed E-state index contributed by atoms with van der Waals surface area (Å²) in [4.78, 5) is 4.43. The number of ether oxygens (including phenoxy) is 1. The maximum absolute atomic E-state index is 6.18. The van der Waals surface area contributed by atoms with E-state index in [0.717, 1.165) is 55.9 Å². The Hall–Kier alpha value is -0.180. The Morgan fingerprint density at radius 3 is 2.48 bits per heavy atom. The molecule has 4 nitrogen and oxygen atoms in total. The SMILES string of the molecule is CCSC1(CNC(=NC)NCC2(c3cccc(Cl)c3)CC2)CCOCC1.I. The van der Waals surface area contributed by atoms with E-state index in [1.807, 2.05) is 30.9 Å². The first kappa shape index (κ1) is 23.1. The zero-order chi connectivity index (χ0) is 18.5. The molecular formula is C20H31ClIN3OS. The van der Waals surface area contributed by atoms with Gasteiger partial charge in [-0.3, -0.25) is 4.99 Å². The Bertz CT molecular complexity index is 628. The van der Waals surface area contributed by atoms with Crippen LogP contribution in [0.25, 0.3) is 0 Å². The number of aliphatic imine (C=N–C) groups is 1. The van der Waals surface area contributed by atoms with E-state index >= 15 is 0 Å². The molecule has 2 N–H and O–H groups in total. The second kappa shape index (κ2) is 10.6. The van der Waals surface area contributed by atoms with Gasteiger partial charge in [-0.15, -0.1) is 24.0 Å². The van der Waals surface area contributed by atoms with Gasteiger partial charge in [0.1, 0.15) is 0 Å². The van der Waals surface area contributed by atoms with Crippen molar-refractivity contribution < 1.29 is 4.74 Å². The molecule has 2 fully saturated rings. The van der Waals surface area contributed by atoms with Crippen LogP contribution in [0.3, 0.4) is 0 Å². The van der Waals surface area contributed by atoms with Crippen LogP contribution in [0.15, 0.2) is 29.3 Å². The summed E-state index contributed by atoms with van der Waals surface area (Å²) < 4.78 is 5.82. The van der Waals surface area contributed by atoms with E-state index in [0.29, 0.717) is 0 Å². The second-order valence-corrected chi connectivity index (χ2v) is 9.47. The van der Waals surface area contributed by atoms with Crippen LogP contribution in [0.4, 0.5) is 0 Å². The van der Waals surface area contributed by atoms with Gasteiger partial charge in [-0.25, -0.2) is 0 Å². The lowest BCUT2D eigenvalue weighted by molar-refractivity contribution is 0.0782. The smallest absolute Gasteiger partial charge is 0.191 e. The number of benzene rings is 1. The summed E-state index contributed by atoms with van der Waals surface area (Å²) in [5, 5.41) is 7.92. The van der Waals surface area contributed by atoms with E-state index in [2.05, 4.69) is 34.7 Å². The molecule has 1 aliphatic heterocycles. The zero-order valence-electron chi connectivity index (χ0n) is 16.2. The molecule has 2 aliphatic rings. The van der Waals surface area contributed by atoms with Gasteiger partial charge in [0.15, 0.2) is 5.96 Å². The minimum Gasteiger partial charge on any atom is -0.381 e. The van der Waals surface area contributed by atoms with Crippen molar-refractivity contribution in [2.45, 2.75) is 42.8 Å². The fourth-order valence-electron chi connectivity index (χ4n) is 3.68. The van der Waals surface area contributed by atoms with Crippen LogP contribution in [0.1, 0.15) is 38.2 Å². The van der Waals surface area contributed by atoms with E-state index in [1.165, 1.54) is 18.4 Å². The molecule has 0 aromatic heterocycles. The van der Waals surface area contributed by atoms with Gasteiger partial charge in [0.05, 0.1) is 0 Å². The summed E-state index contributed by atoms with van der Waals surface area (Å²) in [6.07, 6.45) is 4.60. The number of guanidine groups is 1. The van der Waals surface area contributed by atoms with Crippen molar-refractivity contribution >= 4 is 53.3 Å². The lowest BCUT2D eigenvalue weighted by Gasteiger charge is -2.37. The molecule has 1 aliphatic carbocycles. The summed E-state index contributed by atoms with van der Waals surface area (Å²) in [6.45, 7) is 5.77. The molecule has 0 bridgehead atoms. The fraction of sp³-hybridized carbons (Fsp3) is 0.650.